The number of halogens is 7. The van der Waals surface area contributed by atoms with E-state index in [2.05, 4.69) is 51.6 Å². The molecule has 15 rings (SSSR count). The van der Waals surface area contributed by atoms with Crippen molar-refractivity contribution in [2.45, 2.75) is 71.0 Å². The third-order valence-electron chi connectivity index (χ3n) is 18.4. The fourth-order valence-corrected chi connectivity index (χ4v) is 12.5. The molecule has 3 saturated heterocycles. The maximum atomic E-state index is 13.4. The Morgan fingerprint density at radius 2 is 0.965 bits per heavy atom. The Labute approximate surface area is 662 Å². The molecule has 3 aliphatic heterocycles. The van der Waals surface area contributed by atoms with Crippen molar-refractivity contribution in [2.24, 2.45) is 35.7 Å². The Bertz CT molecular complexity index is 5290. The monoisotopic (exact) mass is 1590 g/mol. The van der Waals surface area contributed by atoms with E-state index in [1.807, 2.05) is 82.6 Å². The SMILES string of the molecule is Cn1cc(-c2noc(N3CCC(Cc4cc(F)cc(F)c4)CC3)n2)ccc1=O.N#CN1CCC(Cc2cc(F)cc(F)c2)CC1.N#Cc1ccc(Cl)nc1.N#Cc1ccc(OCc2ccccc2)nc1.NC(=NO)c1ccc(OCc2ccccc2)nc1.O=c1ccc(-c2noc(N3CCC(Cc4cc(F)cc(F)c4)CC3)n2)c[nH]1. The molecule has 3 fully saturated rings. The minimum absolute atomic E-state index is 0.0251. The number of piperidine rings is 3. The molecule has 4 N–H and O–H groups in total. The maximum Gasteiger partial charge on any atom is 0.324 e. The van der Waals surface area contributed by atoms with Crippen LogP contribution in [-0.2, 0) is 39.5 Å². The molecule has 31 heteroatoms. The van der Waals surface area contributed by atoms with Crippen molar-refractivity contribution in [3.63, 3.8) is 0 Å². The van der Waals surface area contributed by atoms with Crippen LogP contribution in [0.2, 0.25) is 5.15 Å². The van der Waals surface area contributed by atoms with Gasteiger partial charge < -0.3 is 53.7 Å². The van der Waals surface area contributed by atoms with Crippen LogP contribution in [-0.4, -0.2) is 100.0 Å². The predicted octanol–water partition coefficient (Wildman–Crippen LogP) is 14.9. The molecule has 3 aliphatic rings. The molecule has 24 nitrogen and oxygen atoms in total. The molecule has 0 spiro atoms. The number of anilines is 2. The molecule has 0 bridgehead atoms. The number of oxime groups is 1. The van der Waals surface area contributed by atoms with Gasteiger partial charge in [0.15, 0.2) is 12.0 Å². The van der Waals surface area contributed by atoms with Gasteiger partial charge in [0, 0.05) is 136 Å². The summed E-state index contributed by atoms with van der Waals surface area (Å²) in [6, 6.07) is 51.7. The van der Waals surface area contributed by atoms with Gasteiger partial charge in [-0.25, -0.2) is 41.3 Å². The molecule has 0 saturated carbocycles. The number of nitriles is 3. The smallest absolute Gasteiger partial charge is 0.324 e. The van der Waals surface area contributed by atoms with E-state index in [1.54, 1.807) is 72.9 Å². The van der Waals surface area contributed by atoms with Gasteiger partial charge in [-0.15, -0.1) is 0 Å². The van der Waals surface area contributed by atoms with Gasteiger partial charge in [-0.2, -0.15) is 25.8 Å². The lowest BCUT2D eigenvalue weighted by molar-refractivity contribution is 0.251. The maximum absolute atomic E-state index is 13.4. The van der Waals surface area contributed by atoms with Crippen LogP contribution < -0.4 is 36.1 Å². The minimum atomic E-state index is -0.539. The summed E-state index contributed by atoms with van der Waals surface area (Å²) in [6.07, 6.45) is 17.0. The van der Waals surface area contributed by atoms with Crippen molar-refractivity contribution < 1.29 is 50.1 Å². The van der Waals surface area contributed by atoms with Crippen molar-refractivity contribution in [1.29, 1.82) is 15.8 Å². The Kier molecular flexibility index (Phi) is 31.1. The summed E-state index contributed by atoms with van der Waals surface area (Å²) in [7, 11) is 1.67. The lowest BCUT2D eigenvalue weighted by Crippen LogP contribution is -2.34. The number of likely N-dealkylation sites (tertiary alicyclic amines) is 1. The number of aryl methyl sites for hydroxylation is 1. The summed E-state index contributed by atoms with van der Waals surface area (Å²) in [5, 5.41) is 45.4. The second kappa shape index (κ2) is 42.7. The van der Waals surface area contributed by atoms with E-state index in [9.17, 15) is 35.9 Å². The quantitative estimate of drug-likeness (QED) is 0.0145. The van der Waals surface area contributed by atoms with Gasteiger partial charge in [0.1, 0.15) is 65.4 Å². The lowest BCUT2D eigenvalue weighted by Gasteiger charge is -2.30. The number of aromatic amines is 1. The van der Waals surface area contributed by atoms with Crippen LogP contribution in [0.3, 0.4) is 0 Å². The molecule has 590 valence electrons. The van der Waals surface area contributed by atoms with Crippen molar-refractivity contribution >= 4 is 29.5 Å². The number of hydrogen-bond donors (Lipinski definition) is 3. The zero-order valence-corrected chi connectivity index (χ0v) is 63.0. The van der Waals surface area contributed by atoms with Gasteiger partial charge in [-0.05, 0) is 176 Å². The van der Waals surface area contributed by atoms with Crippen molar-refractivity contribution in [2.75, 3.05) is 49.1 Å². The zero-order valence-electron chi connectivity index (χ0n) is 62.2. The van der Waals surface area contributed by atoms with Gasteiger partial charge in [0.25, 0.3) is 0 Å². The molecule has 0 amide bonds. The van der Waals surface area contributed by atoms with Gasteiger partial charge >= 0.3 is 12.0 Å². The standard InChI is InChI=1S/C20H20F2N4O2.C19H18F2N4O2.C13H14F2N2.C13H13N3O2.C13H10N2O.C6H3ClN2/c1-25-12-15(2-3-18(25)27)19-23-20(28-24-19)26-6-4-13(5-7-26)8-14-9-16(21)11-17(22)10-14;20-15-8-13(9-16(21)10-15)7-12-3-5-25(6-4-12)19-23-18(24-27-19)14-1-2-17(26)22-11-14;14-12-6-11(7-13(15)8-12)5-10-1-3-17(9-16)4-2-10;14-13(16-17)11-6-7-12(15-8-11)18-9-10-4-2-1-3-5-10;14-8-12-6-7-13(15-9-12)16-10-11-4-2-1-3-5-11;7-6-2-1-5(3-8)4-9-6/h2-3,9-13H,4-8H2,1H3;1-2,8-12H,3-7H2,(H,22,26);6-8,10H,1-5H2;1-8,17H,9H2,(H2,14,16);1-7,9H,10H2;1-2,4H. The minimum Gasteiger partial charge on any atom is -0.473 e. The number of nitrogens with two attached hydrogens (primary N) is 1. The van der Waals surface area contributed by atoms with E-state index < -0.39 is 34.9 Å². The van der Waals surface area contributed by atoms with Crippen LogP contribution in [0, 0.1) is 86.8 Å². The molecule has 7 aromatic heterocycles. The fourth-order valence-electron chi connectivity index (χ4n) is 12.4. The summed E-state index contributed by atoms with van der Waals surface area (Å²) in [6.45, 7) is 5.37. The Hall–Kier alpha value is -13.7. The summed E-state index contributed by atoms with van der Waals surface area (Å²) >= 11 is 5.45. The first-order valence-corrected chi connectivity index (χ1v) is 36.8. The normalized spacial score (nSPS) is 13.5. The molecule has 0 aliphatic carbocycles. The highest BCUT2D eigenvalue weighted by Crippen LogP contribution is 2.30. The third kappa shape index (κ3) is 27.1. The highest BCUT2D eigenvalue weighted by Gasteiger charge is 2.27. The van der Waals surface area contributed by atoms with Gasteiger partial charge in [-0.1, -0.05) is 87.7 Å². The number of nitrogens with one attached hydrogen (secondary N) is 1. The zero-order chi connectivity index (χ0) is 81.4. The number of aromatic nitrogens is 9. The van der Waals surface area contributed by atoms with E-state index in [-0.39, 0.29) is 17.0 Å². The first-order valence-electron chi connectivity index (χ1n) is 36.4. The molecule has 0 atom stereocenters. The number of rotatable bonds is 17. The van der Waals surface area contributed by atoms with Crippen LogP contribution >= 0.6 is 11.6 Å². The van der Waals surface area contributed by atoms with Crippen LogP contribution in [0.4, 0.5) is 38.4 Å². The number of nitrogens with zero attached hydrogens (tertiary/aromatic N) is 15. The van der Waals surface area contributed by atoms with Gasteiger partial charge in [0.2, 0.25) is 34.5 Å². The highest BCUT2D eigenvalue weighted by atomic mass is 35.5. The lowest BCUT2D eigenvalue weighted by atomic mass is 9.90. The number of pyridine rings is 5. The molecular weight excluding hydrogens is 1510 g/mol. The van der Waals surface area contributed by atoms with E-state index in [4.69, 9.17) is 56.8 Å². The Morgan fingerprint density at radius 1 is 0.539 bits per heavy atom. The molecule has 12 aromatic rings. The second-order valence-electron chi connectivity index (χ2n) is 26.8. The number of hydrogen-bond acceptors (Lipinski definition) is 21. The predicted molar refractivity (Wildman–Crippen MR) is 417 cm³/mol. The molecule has 10 heterocycles. The summed E-state index contributed by atoms with van der Waals surface area (Å²) in [5.74, 6) is -0.174. The van der Waals surface area contributed by atoms with Crippen LogP contribution in [0.15, 0.2) is 231 Å². The largest absolute Gasteiger partial charge is 0.473 e. The number of amidine groups is 1. The molecule has 0 unspecified atom stereocenters. The van der Waals surface area contributed by atoms with Gasteiger partial charge in [-0.3, -0.25) is 9.59 Å². The fraction of sp³-hybridized carbons (Fsp3) is 0.250. The molecule has 0 radical (unpaired) electrons. The first-order chi connectivity index (χ1) is 55.7. The number of H-pyrrole nitrogens is 1. The first kappa shape index (κ1) is 83.8. The number of ether oxygens (including phenoxy) is 2. The number of benzene rings is 5. The second-order valence-corrected chi connectivity index (χ2v) is 27.2. The van der Waals surface area contributed by atoms with Crippen molar-refractivity contribution in [1.82, 2.24) is 49.7 Å². The average Bonchev–Trinajstić information content (AvgIpc) is 1.71. The van der Waals surface area contributed by atoms with Crippen LogP contribution in [0.5, 0.6) is 11.8 Å². The Balaban J connectivity index is 0.000000150. The summed E-state index contributed by atoms with van der Waals surface area (Å²) < 4.78 is 103. The molecular formula is C84H78ClF6N17O7. The van der Waals surface area contributed by atoms with E-state index in [0.29, 0.717) is 135 Å². The van der Waals surface area contributed by atoms with Crippen LogP contribution in [0.1, 0.15) is 83.0 Å². The molecule has 115 heavy (non-hydrogen) atoms. The Morgan fingerprint density at radius 3 is 1.35 bits per heavy atom. The highest BCUT2D eigenvalue weighted by molar-refractivity contribution is 6.29. The topological polar surface area (TPSA) is 330 Å². The third-order valence-corrected chi connectivity index (χ3v) is 18.6. The van der Waals surface area contributed by atoms with E-state index in [1.165, 1.54) is 71.7 Å². The molecule has 5 aromatic carbocycles. The van der Waals surface area contributed by atoms with Crippen molar-refractivity contribution in [3.05, 3.63) is 312 Å². The average molecular weight is 1590 g/mol. The van der Waals surface area contributed by atoms with Crippen LogP contribution in [0.25, 0.3) is 22.8 Å². The van der Waals surface area contributed by atoms with E-state index in [0.717, 1.165) is 107 Å². The van der Waals surface area contributed by atoms with Crippen molar-refractivity contribution in [3.8, 4) is 52.9 Å². The summed E-state index contributed by atoms with van der Waals surface area (Å²) in [5.41, 5.74) is 12.4. The summed E-state index contributed by atoms with van der Waals surface area (Å²) in [4.78, 5) is 51.6. The van der Waals surface area contributed by atoms with Gasteiger partial charge in [0.05, 0.1) is 11.1 Å². The van der Waals surface area contributed by atoms with E-state index >= 15 is 0 Å².